The molecule has 1 fully saturated rings. The van der Waals surface area contributed by atoms with Crippen LogP contribution in [0.4, 0.5) is 11.4 Å². The molecule has 0 aliphatic carbocycles. The number of hydrogen-bond acceptors (Lipinski definition) is 7. The van der Waals surface area contributed by atoms with Crippen molar-refractivity contribution in [1.82, 2.24) is 35.0 Å². The first kappa shape index (κ1) is 23.1. The third kappa shape index (κ3) is 4.51. The number of likely N-dealkylation sites (N-methyl/N-ethyl adjacent to an activating group) is 1. The van der Waals surface area contributed by atoms with E-state index in [0.717, 1.165) is 77.0 Å². The molecule has 5 heterocycles. The smallest absolute Gasteiger partial charge is 0.224 e. The molecule has 10 nitrogen and oxygen atoms in total. The number of nitrogens with zero attached hydrogens (tertiary/aromatic N) is 6. The van der Waals surface area contributed by atoms with Crippen molar-refractivity contribution in [2.75, 3.05) is 43.4 Å². The van der Waals surface area contributed by atoms with E-state index in [1.165, 1.54) is 0 Å². The number of imidazole rings is 1. The summed E-state index contributed by atoms with van der Waals surface area (Å²) in [6.45, 7) is 5.90. The summed E-state index contributed by atoms with van der Waals surface area (Å²) in [5.74, 6) is 0.685. The van der Waals surface area contributed by atoms with Crippen molar-refractivity contribution in [3.8, 4) is 22.6 Å². The van der Waals surface area contributed by atoms with E-state index in [2.05, 4.69) is 53.4 Å². The molecule has 0 spiro atoms. The summed E-state index contributed by atoms with van der Waals surface area (Å²) in [4.78, 5) is 33.9. The molecule has 0 atom stereocenters. The van der Waals surface area contributed by atoms with E-state index in [1.54, 1.807) is 12.4 Å². The van der Waals surface area contributed by atoms with Crippen molar-refractivity contribution >= 4 is 39.2 Å². The number of aromatic nitrogens is 6. The van der Waals surface area contributed by atoms with Gasteiger partial charge in [-0.2, -0.15) is 5.10 Å². The number of benzene rings is 1. The molecule has 188 valence electrons. The van der Waals surface area contributed by atoms with E-state index >= 15 is 0 Å². The second-order valence-corrected chi connectivity index (χ2v) is 9.52. The maximum Gasteiger partial charge on any atom is 0.224 e. The van der Waals surface area contributed by atoms with Gasteiger partial charge in [-0.1, -0.05) is 13.0 Å². The Morgan fingerprint density at radius 1 is 1.00 bits per heavy atom. The van der Waals surface area contributed by atoms with Crippen LogP contribution in [0.3, 0.4) is 0 Å². The van der Waals surface area contributed by atoms with Crippen LogP contribution in [0.5, 0.6) is 0 Å². The molecule has 4 aromatic heterocycles. The number of rotatable bonds is 6. The number of amides is 1. The van der Waals surface area contributed by atoms with Crippen molar-refractivity contribution in [3.05, 3.63) is 49.1 Å². The molecule has 1 aromatic carbocycles. The maximum absolute atomic E-state index is 12.0. The number of piperazine rings is 1. The zero-order valence-corrected chi connectivity index (χ0v) is 21.0. The molecule has 1 saturated heterocycles. The topological polar surface area (TPSA) is 119 Å². The van der Waals surface area contributed by atoms with Gasteiger partial charge in [0.15, 0.2) is 5.82 Å². The van der Waals surface area contributed by atoms with E-state index in [0.29, 0.717) is 17.9 Å². The Bertz CT molecular complexity index is 1580. The van der Waals surface area contributed by atoms with Crippen LogP contribution in [0.15, 0.2) is 49.1 Å². The maximum atomic E-state index is 12.0. The minimum Gasteiger partial charge on any atom is -0.366 e. The van der Waals surface area contributed by atoms with Crippen LogP contribution in [0.1, 0.15) is 19.8 Å². The Hall–Kier alpha value is -4.31. The third-order valence-corrected chi connectivity index (χ3v) is 6.84. The number of carbonyl (C=O) groups excluding carboxylic acids is 1. The van der Waals surface area contributed by atoms with Crippen molar-refractivity contribution < 1.29 is 4.79 Å². The van der Waals surface area contributed by atoms with E-state index < -0.39 is 0 Å². The van der Waals surface area contributed by atoms with Crippen LogP contribution in [0.2, 0.25) is 0 Å². The van der Waals surface area contributed by atoms with Gasteiger partial charge in [0.05, 0.1) is 41.0 Å². The minimum atomic E-state index is -0.00987. The fraction of sp³-hybridized carbons (Fsp3) is 0.296. The van der Waals surface area contributed by atoms with E-state index in [4.69, 9.17) is 4.98 Å². The first-order valence-corrected chi connectivity index (χ1v) is 12.6. The molecule has 5 aromatic rings. The van der Waals surface area contributed by atoms with Crippen LogP contribution in [-0.2, 0) is 4.79 Å². The normalized spacial score (nSPS) is 14.5. The van der Waals surface area contributed by atoms with Gasteiger partial charge >= 0.3 is 0 Å². The third-order valence-electron chi connectivity index (χ3n) is 6.84. The second-order valence-electron chi connectivity index (χ2n) is 9.52. The summed E-state index contributed by atoms with van der Waals surface area (Å²) in [6.07, 6.45) is 8.46. The van der Waals surface area contributed by atoms with Gasteiger partial charge in [0.2, 0.25) is 5.91 Å². The molecule has 0 bridgehead atoms. The quantitative estimate of drug-likeness (QED) is 0.325. The lowest BCUT2D eigenvalue weighted by molar-refractivity contribution is -0.116. The molecule has 1 aliphatic rings. The summed E-state index contributed by atoms with van der Waals surface area (Å²) in [7, 11) is 2.15. The summed E-state index contributed by atoms with van der Waals surface area (Å²) in [5.41, 5.74) is 7.07. The first-order valence-electron chi connectivity index (χ1n) is 12.6. The van der Waals surface area contributed by atoms with Gasteiger partial charge in [0.25, 0.3) is 0 Å². The second kappa shape index (κ2) is 9.62. The Labute approximate surface area is 214 Å². The predicted octanol–water partition coefficient (Wildman–Crippen LogP) is 4.05. The number of nitrogens with one attached hydrogen (secondary N) is 3. The highest BCUT2D eigenvalue weighted by atomic mass is 16.1. The fourth-order valence-electron chi connectivity index (χ4n) is 4.80. The lowest BCUT2D eigenvalue weighted by atomic mass is 10.0. The zero-order valence-electron chi connectivity index (χ0n) is 21.0. The van der Waals surface area contributed by atoms with Crippen LogP contribution in [0.25, 0.3) is 44.6 Å². The average molecular weight is 496 g/mol. The predicted molar refractivity (Wildman–Crippen MR) is 145 cm³/mol. The molecule has 10 heteroatoms. The lowest BCUT2D eigenvalue weighted by Gasteiger charge is -2.33. The number of fused-ring (bicyclic) bond motifs is 2. The van der Waals surface area contributed by atoms with E-state index in [9.17, 15) is 4.79 Å². The van der Waals surface area contributed by atoms with Crippen molar-refractivity contribution in [2.45, 2.75) is 19.8 Å². The zero-order chi connectivity index (χ0) is 25.4. The van der Waals surface area contributed by atoms with Crippen LogP contribution >= 0.6 is 0 Å². The fourth-order valence-corrected chi connectivity index (χ4v) is 4.80. The van der Waals surface area contributed by atoms with Gasteiger partial charge in [-0.25, -0.2) is 4.98 Å². The van der Waals surface area contributed by atoms with Gasteiger partial charge in [0.1, 0.15) is 11.2 Å². The summed E-state index contributed by atoms with van der Waals surface area (Å²) in [6, 6.07) is 8.04. The van der Waals surface area contributed by atoms with Gasteiger partial charge in [-0.05, 0) is 37.2 Å². The average Bonchev–Trinajstić information content (AvgIpc) is 3.53. The molecule has 0 saturated carbocycles. The highest BCUT2D eigenvalue weighted by Crippen LogP contribution is 2.32. The largest absolute Gasteiger partial charge is 0.366 e. The Morgan fingerprint density at radius 3 is 2.68 bits per heavy atom. The van der Waals surface area contributed by atoms with Crippen molar-refractivity contribution in [3.63, 3.8) is 0 Å². The van der Waals surface area contributed by atoms with Gasteiger partial charge < -0.3 is 20.1 Å². The van der Waals surface area contributed by atoms with Gasteiger partial charge in [-0.15, -0.1) is 0 Å². The summed E-state index contributed by atoms with van der Waals surface area (Å²) >= 11 is 0. The van der Waals surface area contributed by atoms with Gasteiger partial charge in [-0.3, -0.25) is 19.9 Å². The SMILES string of the molecule is CCCC(=O)Nc1cncc(-c2ccc3[nH]nc(-c4nc5c(N6CCN(C)CC6)cncc5[nH]4)c3c2)c1. The van der Waals surface area contributed by atoms with E-state index in [1.807, 2.05) is 37.5 Å². The molecule has 0 radical (unpaired) electrons. The summed E-state index contributed by atoms with van der Waals surface area (Å²) < 4.78 is 0. The standard InChI is InChI=1S/C27H29N9O/c1-3-4-24(37)30-19-11-18(13-28-14-19)17-5-6-21-20(12-17)25(34-33-21)27-31-22-15-29-16-23(26(22)32-27)36-9-7-35(2)8-10-36/h5-6,11-16H,3-4,7-10H2,1-2H3,(H,30,37)(H,31,32)(H,33,34). The Morgan fingerprint density at radius 2 is 1.84 bits per heavy atom. The number of anilines is 2. The van der Waals surface area contributed by atoms with Crippen molar-refractivity contribution in [2.24, 2.45) is 0 Å². The molecule has 3 N–H and O–H groups in total. The minimum absolute atomic E-state index is 0.00987. The highest BCUT2D eigenvalue weighted by molar-refractivity contribution is 5.97. The first-order chi connectivity index (χ1) is 18.1. The molecular formula is C27H29N9O. The molecule has 1 aliphatic heterocycles. The highest BCUT2D eigenvalue weighted by Gasteiger charge is 2.20. The number of H-pyrrole nitrogens is 2. The van der Waals surface area contributed by atoms with Crippen LogP contribution < -0.4 is 10.2 Å². The molecule has 1 amide bonds. The Balaban J connectivity index is 1.35. The van der Waals surface area contributed by atoms with E-state index in [-0.39, 0.29) is 5.91 Å². The molecule has 6 rings (SSSR count). The lowest BCUT2D eigenvalue weighted by Crippen LogP contribution is -2.44. The molecule has 37 heavy (non-hydrogen) atoms. The van der Waals surface area contributed by atoms with Crippen molar-refractivity contribution in [1.29, 1.82) is 0 Å². The summed E-state index contributed by atoms with van der Waals surface area (Å²) in [5, 5.41) is 11.6. The van der Waals surface area contributed by atoms with Crippen LogP contribution in [-0.4, -0.2) is 74.2 Å². The number of hydrogen-bond donors (Lipinski definition) is 3. The number of carbonyl (C=O) groups is 1. The molecule has 0 unspecified atom stereocenters. The monoisotopic (exact) mass is 495 g/mol. The number of pyridine rings is 2. The molecular weight excluding hydrogens is 466 g/mol. The Kier molecular flexibility index (Phi) is 6.01. The number of aromatic amines is 2. The van der Waals surface area contributed by atoms with Gasteiger partial charge in [0, 0.05) is 49.7 Å². The van der Waals surface area contributed by atoms with Crippen LogP contribution in [0, 0.1) is 0 Å².